The minimum Gasteiger partial charge on any atom is -0.310 e. The molecular weight excluding hydrogens is 276 g/mol. The van der Waals surface area contributed by atoms with Crippen LogP contribution >= 0.6 is 11.6 Å². The van der Waals surface area contributed by atoms with Crippen molar-refractivity contribution in [3.8, 4) is 0 Å². The van der Waals surface area contributed by atoms with Gasteiger partial charge in [-0.05, 0) is 25.0 Å². The molecule has 1 aromatic rings. The molecule has 1 rings (SSSR count). The molecule has 112 valence electrons. The van der Waals surface area contributed by atoms with Gasteiger partial charge in [0.2, 0.25) is 0 Å². The number of hydrogen-bond donors (Lipinski definition) is 1. The van der Waals surface area contributed by atoms with Crippen LogP contribution in [-0.4, -0.2) is 11.0 Å². The van der Waals surface area contributed by atoms with Crippen LogP contribution in [-0.2, 0) is 6.54 Å². The maximum Gasteiger partial charge on any atom is 0.270 e. The molecule has 1 atom stereocenters. The molecule has 5 heteroatoms. The van der Waals surface area contributed by atoms with E-state index < -0.39 is 4.92 Å². The Morgan fingerprint density at radius 3 is 2.70 bits per heavy atom. The minimum absolute atomic E-state index is 0.0337. The first-order valence-electron chi connectivity index (χ1n) is 7.20. The fraction of sp³-hybridized carbons (Fsp3) is 0.600. The van der Waals surface area contributed by atoms with Gasteiger partial charge in [-0.1, -0.05) is 44.2 Å². The lowest BCUT2D eigenvalue weighted by molar-refractivity contribution is -0.384. The van der Waals surface area contributed by atoms with Gasteiger partial charge in [0.05, 0.1) is 9.95 Å². The quantitative estimate of drug-likeness (QED) is 0.408. The second-order valence-corrected chi connectivity index (χ2v) is 5.57. The number of hydrogen-bond acceptors (Lipinski definition) is 3. The number of benzene rings is 1. The molecule has 0 aliphatic carbocycles. The van der Waals surface area contributed by atoms with E-state index in [2.05, 4.69) is 19.2 Å². The highest BCUT2D eigenvalue weighted by Gasteiger charge is 2.10. The third-order valence-electron chi connectivity index (χ3n) is 3.38. The van der Waals surface area contributed by atoms with Gasteiger partial charge in [-0.25, -0.2) is 0 Å². The lowest BCUT2D eigenvalue weighted by atomic mass is 10.1. The van der Waals surface area contributed by atoms with Crippen LogP contribution in [0.4, 0.5) is 5.69 Å². The summed E-state index contributed by atoms with van der Waals surface area (Å²) in [6.45, 7) is 5.01. The van der Waals surface area contributed by atoms with Gasteiger partial charge in [-0.2, -0.15) is 0 Å². The first-order valence-corrected chi connectivity index (χ1v) is 7.58. The Balaban J connectivity index is 2.39. The minimum atomic E-state index is -0.431. The van der Waals surface area contributed by atoms with Crippen LogP contribution in [0.2, 0.25) is 5.02 Å². The molecule has 0 aliphatic heterocycles. The van der Waals surface area contributed by atoms with Gasteiger partial charge in [0.15, 0.2) is 0 Å². The average molecular weight is 299 g/mol. The van der Waals surface area contributed by atoms with Crippen LogP contribution in [0.5, 0.6) is 0 Å². The van der Waals surface area contributed by atoms with Crippen molar-refractivity contribution in [1.82, 2.24) is 5.32 Å². The zero-order valence-corrected chi connectivity index (χ0v) is 12.9. The molecule has 20 heavy (non-hydrogen) atoms. The molecule has 0 amide bonds. The molecule has 0 fully saturated rings. The summed E-state index contributed by atoms with van der Waals surface area (Å²) in [5.41, 5.74) is 0.934. The van der Waals surface area contributed by atoms with Gasteiger partial charge in [0.25, 0.3) is 5.69 Å². The van der Waals surface area contributed by atoms with Gasteiger partial charge < -0.3 is 5.32 Å². The number of nitrogens with zero attached hydrogens (tertiary/aromatic N) is 1. The maximum absolute atomic E-state index is 10.6. The van der Waals surface area contributed by atoms with Crippen molar-refractivity contribution < 1.29 is 4.92 Å². The highest BCUT2D eigenvalue weighted by Crippen LogP contribution is 2.22. The summed E-state index contributed by atoms with van der Waals surface area (Å²) >= 11 is 6.06. The molecule has 0 aromatic heterocycles. The Morgan fingerprint density at radius 1 is 1.35 bits per heavy atom. The Kier molecular flexibility index (Phi) is 7.55. The maximum atomic E-state index is 10.6. The number of unbranched alkanes of at least 4 members (excludes halogenated alkanes) is 3. The first kappa shape index (κ1) is 16.9. The monoisotopic (exact) mass is 298 g/mol. The van der Waals surface area contributed by atoms with E-state index in [1.54, 1.807) is 6.07 Å². The smallest absolute Gasteiger partial charge is 0.270 e. The van der Waals surface area contributed by atoms with Gasteiger partial charge in [-0.15, -0.1) is 0 Å². The van der Waals surface area contributed by atoms with E-state index in [9.17, 15) is 10.1 Å². The van der Waals surface area contributed by atoms with Crippen molar-refractivity contribution in [1.29, 1.82) is 0 Å². The predicted molar refractivity (Wildman–Crippen MR) is 83.2 cm³/mol. The largest absolute Gasteiger partial charge is 0.310 e. The molecule has 0 aliphatic rings. The summed E-state index contributed by atoms with van der Waals surface area (Å²) in [4.78, 5) is 10.2. The number of nitro groups is 1. The zero-order valence-electron chi connectivity index (χ0n) is 12.2. The summed E-state index contributed by atoms with van der Waals surface area (Å²) in [6.07, 6.45) is 6.20. The molecule has 0 heterocycles. The summed E-state index contributed by atoms with van der Waals surface area (Å²) < 4.78 is 0. The molecule has 0 saturated carbocycles. The molecule has 0 saturated heterocycles. The van der Waals surface area contributed by atoms with Gasteiger partial charge in [0.1, 0.15) is 0 Å². The first-order chi connectivity index (χ1) is 9.54. The third kappa shape index (κ3) is 5.88. The second kappa shape index (κ2) is 8.93. The molecule has 4 nitrogen and oxygen atoms in total. The van der Waals surface area contributed by atoms with Crippen LogP contribution in [0.1, 0.15) is 51.5 Å². The molecule has 1 unspecified atom stereocenters. The molecule has 0 spiro atoms. The summed E-state index contributed by atoms with van der Waals surface area (Å²) in [5.74, 6) is 0. The van der Waals surface area contributed by atoms with Crippen molar-refractivity contribution in [3.05, 3.63) is 38.9 Å². The summed E-state index contributed by atoms with van der Waals surface area (Å²) in [5, 5.41) is 14.5. The average Bonchev–Trinajstić information content (AvgIpc) is 2.42. The van der Waals surface area contributed by atoms with Crippen LogP contribution in [0.15, 0.2) is 18.2 Å². The van der Waals surface area contributed by atoms with Gasteiger partial charge in [-0.3, -0.25) is 10.1 Å². The van der Waals surface area contributed by atoms with E-state index in [4.69, 9.17) is 11.6 Å². The van der Waals surface area contributed by atoms with Crippen molar-refractivity contribution in [3.63, 3.8) is 0 Å². The van der Waals surface area contributed by atoms with Crippen molar-refractivity contribution >= 4 is 17.3 Å². The Hall–Kier alpha value is -1.13. The Labute approximate surface area is 125 Å². The number of nitro benzene ring substituents is 1. The molecule has 1 aromatic carbocycles. The molecular formula is C15H23ClN2O2. The lowest BCUT2D eigenvalue weighted by Gasteiger charge is -2.14. The third-order valence-corrected chi connectivity index (χ3v) is 3.73. The number of non-ortho nitro benzene ring substituents is 1. The highest BCUT2D eigenvalue weighted by atomic mass is 35.5. The van der Waals surface area contributed by atoms with Crippen LogP contribution in [0, 0.1) is 10.1 Å². The number of halogens is 1. The fourth-order valence-corrected chi connectivity index (χ4v) is 2.30. The number of nitrogens with one attached hydrogen (secondary N) is 1. The molecule has 1 N–H and O–H groups in total. The fourth-order valence-electron chi connectivity index (χ4n) is 2.06. The molecule has 0 bridgehead atoms. The van der Waals surface area contributed by atoms with E-state index in [1.807, 2.05) is 0 Å². The van der Waals surface area contributed by atoms with E-state index >= 15 is 0 Å². The van der Waals surface area contributed by atoms with Crippen LogP contribution in [0.3, 0.4) is 0 Å². The van der Waals surface area contributed by atoms with Gasteiger partial charge >= 0.3 is 0 Å². The SMILES string of the molecule is CCCCCCC(C)NCc1ccc([N+](=O)[O-])cc1Cl. The van der Waals surface area contributed by atoms with E-state index in [1.165, 1.54) is 37.8 Å². The number of rotatable bonds is 9. The van der Waals surface area contributed by atoms with Crippen molar-refractivity contribution in [2.24, 2.45) is 0 Å². The van der Waals surface area contributed by atoms with Crippen LogP contribution in [0.25, 0.3) is 0 Å². The van der Waals surface area contributed by atoms with E-state index in [-0.39, 0.29) is 5.69 Å². The van der Waals surface area contributed by atoms with Crippen molar-refractivity contribution in [2.45, 2.75) is 58.5 Å². The lowest BCUT2D eigenvalue weighted by Crippen LogP contribution is -2.25. The van der Waals surface area contributed by atoms with E-state index in [0.29, 0.717) is 17.6 Å². The normalized spacial score (nSPS) is 12.3. The second-order valence-electron chi connectivity index (χ2n) is 5.16. The summed E-state index contributed by atoms with van der Waals surface area (Å²) in [7, 11) is 0. The van der Waals surface area contributed by atoms with E-state index in [0.717, 1.165) is 12.0 Å². The summed E-state index contributed by atoms with van der Waals surface area (Å²) in [6, 6.07) is 5.05. The zero-order chi connectivity index (χ0) is 15.0. The van der Waals surface area contributed by atoms with Crippen LogP contribution < -0.4 is 5.32 Å². The highest BCUT2D eigenvalue weighted by molar-refractivity contribution is 6.31. The Bertz CT molecular complexity index is 438. The Morgan fingerprint density at radius 2 is 2.10 bits per heavy atom. The van der Waals surface area contributed by atoms with Gasteiger partial charge in [0, 0.05) is 24.7 Å². The standard InChI is InChI=1S/C15H23ClN2O2/c1-3-4-5-6-7-12(2)17-11-13-8-9-14(18(19)20)10-15(13)16/h8-10,12,17H,3-7,11H2,1-2H3. The predicted octanol–water partition coefficient (Wildman–Crippen LogP) is 4.70. The topological polar surface area (TPSA) is 55.2 Å². The van der Waals surface area contributed by atoms with Crippen molar-refractivity contribution in [2.75, 3.05) is 0 Å². The molecule has 0 radical (unpaired) electrons.